The number of rotatable bonds is 5. The largest absolute Gasteiger partial charge is 0.871 e. The molecule has 20 heavy (non-hydrogen) atoms. The second-order valence-electron chi connectivity index (χ2n) is 3.95. The maximum atomic E-state index is 11.7. The van der Waals surface area contributed by atoms with Gasteiger partial charge in [0, 0.05) is 18.3 Å². The Hall–Kier alpha value is -3.02. The second-order valence-corrected chi connectivity index (χ2v) is 3.95. The third kappa shape index (κ3) is 3.49. The number of nitrogens with one attached hydrogen (secondary N) is 2. The van der Waals surface area contributed by atoms with Gasteiger partial charge in [0.1, 0.15) is 0 Å². The lowest BCUT2D eigenvalue weighted by atomic mass is 10.2. The minimum atomic E-state index is -0.470. The first kappa shape index (κ1) is 13.4. The average molecular weight is 270 g/mol. The van der Waals surface area contributed by atoms with Crippen molar-refractivity contribution in [2.24, 2.45) is 0 Å². The molecule has 0 aliphatic carbocycles. The van der Waals surface area contributed by atoms with Gasteiger partial charge in [-0.3, -0.25) is 10.1 Å². The van der Waals surface area contributed by atoms with Crippen LogP contribution < -0.4 is 16.0 Å². The molecule has 0 aliphatic heterocycles. The molecule has 0 radical (unpaired) electrons. The number of nitro groups is 1. The van der Waals surface area contributed by atoms with E-state index in [2.05, 4.69) is 10.9 Å². The monoisotopic (exact) mass is 270 g/mol. The maximum Gasteiger partial charge on any atom is 0.269 e. The Morgan fingerprint density at radius 1 is 1.05 bits per heavy atom. The lowest BCUT2D eigenvalue weighted by Crippen LogP contribution is -2.17. The van der Waals surface area contributed by atoms with E-state index in [4.69, 9.17) is 0 Å². The number of anilines is 1. The summed E-state index contributed by atoms with van der Waals surface area (Å²) >= 11 is 0. The molecular formula is C14H12N3O3-. The summed E-state index contributed by atoms with van der Waals surface area (Å²) in [4.78, 5) is 10.0. The van der Waals surface area contributed by atoms with Gasteiger partial charge in [-0.25, -0.2) is 0 Å². The van der Waals surface area contributed by atoms with Crippen molar-refractivity contribution in [2.45, 2.75) is 0 Å². The molecule has 2 aromatic rings. The Morgan fingerprint density at radius 2 is 1.70 bits per heavy atom. The van der Waals surface area contributed by atoms with Crippen LogP contribution in [0.1, 0.15) is 5.56 Å². The van der Waals surface area contributed by atoms with Crippen LogP contribution in [-0.4, -0.2) is 4.92 Å². The van der Waals surface area contributed by atoms with Gasteiger partial charge in [0.2, 0.25) is 0 Å². The topological polar surface area (TPSA) is 90.3 Å². The fraction of sp³-hybridized carbons (Fsp3) is 0. The Labute approximate surface area is 115 Å². The zero-order valence-electron chi connectivity index (χ0n) is 10.4. The molecule has 0 bridgehead atoms. The molecule has 0 heterocycles. The number of hydrazine groups is 1. The van der Waals surface area contributed by atoms with E-state index < -0.39 is 4.92 Å². The molecular weight excluding hydrogens is 258 g/mol. The van der Waals surface area contributed by atoms with Crippen LogP contribution in [0.25, 0.3) is 5.76 Å². The van der Waals surface area contributed by atoms with Gasteiger partial charge in [-0.05, 0) is 17.7 Å². The quantitative estimate of drug-likeness (QED) is 0.491. The average Bonchev–Trinajstić information content (AvgIpc) is 2.48. The number of nitrogens with zero attached hydrogens (tertiary/aromatic N) is 1. The van der Waals surface area contributed by atoms with Gasteiger partial charge in [0.05, 0.1) is 10.6 Å². The summed E-state index contributed by atoms with van der Waals surface area (Å²) in [6.07, 6.45) is 1.29. The molecule has 0 spiro atoms. The molecule has 2 rings (SSSR count). The van der Waals surface area contributed by atoms with Gasteiger partial charge >= 0.3 is 0 Å². The normalized spacial score (nSPS) is 10.9. The van der Waals surface area contributed by atoms with Crippen LogP contribution in [0, 0.1) is 10.1 Å². The summed E-state index contributed by atoms with van der Waals surface area (Å²) in [6, 6.07) is 14.7. The molecule has 0 saturated heterocycles. The molecule has 6 nitrogen and oxygen atoms in total. The van der Waals surface area contributed by atoms with E-state index in [-0.39, 0.29) is 11.4 Å². The molecule has 6 heteroatoms. The predicted octanol–water partition coefficient (Wildman–Crippen LogP) is 1.87. The Bertz CT molecular complexity index is 609. The van der Waals surface area contributed by atoms with Crippen LogP contribution in [-0.2, 0) is 0 Å². The van der Waals surface area contributed by atoms with Crippen molar-refractivity contribution in [3.8, 4) is 0 Å². The maximum absolute atomic E-state index is 11.7. The zero-order valence-corrected chi connectivity index (χ0v) is 10.4. The van der Waals surface area contributed by atoms with Crippen LogP contribution in [0.4, 0.5) is 11.4 Å². The molecule has 0 amide bonds. The number of hydrogen-bond acceptors (Lipinski definition) is 5. The molecule has 0 atom stereocenters. The van der Waals surface area contributed by atoms with Gasteiger partial charge in [-0.1, -0.05) is 36.1 Å². The highest BCUT2D eigenvalue weighted by atomic mass is 16.6. The SMILES string of the molecule is O=[N+]([O-])c1ccc(NNC=C([O-])c2ccccc2)cc1. The predicted molar refractivity (Wildman–Crippen MR) is 74.3 cm³/mol. The number of hydrogen-bond donors (Lipinski definition) is 2. The van der Waals surface area contributed by atoms with Gasteiger partial charge < -0.3 is 16.0 Å². The Balaban J connectivity index is 1.94. The van der Waals surface area contributed by atoms with Gasteiger partial charge in [0.25, 0.3) is 5.69 Å². The highest BCUT2D eigenvalue weighted by Gasteiger charge is 2.02. The molecule has 102 valence electrons. The summed E-state index contributed by atoms with van der Waals surface area (Å²) in [5.41, 5.74) is 6.62. The van der Waals surface area contributed by atoms with Crippen molar-refractivity contribution in [3.05, 3.63) is 76.5 Å². The molecule has 2 aromatic carbocycles. The van der Waals surface area contributed by atoms with Crippen LogP contribution >= 0.6 is 0 Å². The summed E-state index contributed by atoms with van der Waals surface area (Å²) in [5, 5.41) is 22.2. The third-order valence-electron chi connectivity index (χ3n) is 2.56. The Kier molecular flexibility index (Phi) is 4.18. The lowest BCUT2D eigenvalue weighted by Gasteiger charge is -2.13. The Morgan fingerprint density at radius 3 is 2.30 bits per heavy atom. The number of non-ortho nitro benzene ring substituents is 1. The van der Waals surface area contributed by atoms with Crippen molar-refractivity contribution in [3.63, 3.8) is 0 Å². The van der Waals surface area contributed by atoms with Crippen LogP contribution in [0.2, 0.25) is 0 Å². The van der Waals surface area contributed by atoms with Crippen molar-refractivity contribution < 1.29 is 10.0 Å². The van der Waals surface area contributed by atoms with Crippen molar-refractivity contribution in [1.29, 1.82) is 0 Å². The van der Waals surface area contributed by atoms with E-state index in [9.17, 15) is 15.2 Å². The second kappa shape index (κ2) is 6.24. The minimum Gasteiger partial charge on any atom is -0.871 e. The van der Waals surface area contributed by atoms with Crippen LogP contribution in [0.15, 0.2) is 60.8 Å². The summed E-state index contributed by atoms with van der Waals surface area (Å²) in [5.74, 6) is -0.167. The summed E-state index contributed by atoms with van der Waals surface area (Å²) in [6.45, 7) is 0. The van der Waals surface area contributed by atoms with Gasteiger partial charge in [-0.2, -0.15) is 0 Å². The van der Waals surface area contributed by atoms with Crippen molar-refractivity contribution in [1.82, 2.24) is 5.43 Å². The van der Waals surface area contributed by atoms with Crippen LogP contribution in [0.3, 0.4) is 0 Å². The first-order chi connectivity index (χ1) is 9.66. The highest BCUT2D eigenvalue weighted by Crippen LogP contribution is 2.14. The van der Waals surface area contributed by atoms with Gasteiger partial charge in [-0.15, -0.1) is 0 Å². The summed E-state index contributed by atoms with van der Waals surface area (Å²) in [7, 11) is 0. The van der Waals surface area contributed by atoms with E-state index >= 15 is 0 Å². The van der Waals surface area contributed by atoms with E-state index in [1.165, 1.54) is 18.3 Å². The van der Waals surface area contributed by atoms with Gasteiger partial charge in [0.15, 0.2) is 0 Å². The molecule has 0 fully saturated rings. The van der Waals surface area contributed by atoms with E-state index in [1.54, 1.807) is 36.4 Å². The van der Waals surface area contributed by atoms with E-state index in [1.807, 2.05) is 6.07 Å². The fourth-order valence-corrected chi connectivity index (χ4v) is 1.54. The third-order valence-corrected chi connectivity index (χ3v) is 2.56. The van der Waals surface area contributed by atoms with Crippen LogP contribution in [0.5, 0.6) is 0 Å². The zero-order chi connectivity index (χ0) is 14.4. The van der Waals surface area contributed by atoms with E-state index in [0.717, 1.165) is 0 Å². The molecule has 0 aliphatic rings. The highest BCUT2D eigenvalue weighted by molar-refractivity contribution is 5.56. The first-order valence-corrected chi connectivity index (χ1v) is 5.85. The van der Waals surface area contributed by atoms with Crippen molar-refractivity contribution >= 4 is 17.1 Å². The standard InChI is InChI=1S/C14H13N3O3/c18-14(11-4-2-1-3-5-11)10-15-16-12-6-8-13(9-7-12)17(19)20/h1-10,15-16,18H/p-1. The van der Waals surface area contributed by atoms with Crippen molar-refractivity contribution in [2.75, 3.05) is 5.43 Å². The summed E-state index contributed by atoms with van der Waals surface area (Å²) < 4.78 is 0. The molecule has 0 saturated carbocycles. The molecule has 0 aromatic heterocycles. The fourth-order valence-electron chi connectivity index (χ4n) is 1.54. The molecule has 2 N–H and O–H groups in total. The first-order valence-electron chi connectivity index (χ1n) is 5.85. The van der Waals surface area contributed by atoms with E-state index in [0.29, 0.717) is 11.3 Å². The number of benzene rings is 2. The lowest BCUT2D eigenvalue weighted by molar-refractivity contribution is -0.384. The molecule has 0 unspecified atom stereocenters. The smallest absolute Gasteiger partial charge is 0.269 e. The number of nitro benzene ring substituents is 1. The minimum absolute atomic E-state index is 0.0138.